The second-order valence-corrected chi connectivity index (χ2v) is 4.40. The van der Waals surface area contributed by atoms with Gasteiger partial charge in [0.15, 0.2) is 0 Å². The highest BCUT2D eigenvalue weighted by Gasteiger charge is 2.00. The van der Waals surface area contributed by atoms with Gasteiger partial charge in [-0.15, -0.1) is 0 Å². The van der Waals surface area contributed by atoms with E-state index in [9.17, 15) is 5.11 Å². The summed E-state index contributed by atoms with van der Waals surface area (Å²) >= 11 is 0. The fourth-order valence-corrected chi connectivity index (χ4v) is 1.56. The molecule has 0 bridgehead atoms. The van der Waals surface area contributed by atoms with Crippen LogP contribution in [0.25, 0.3) is 10.8 Å². The van der Waals surface area contributed by atoms with Gasteiger partial charge in [-0.2, -0.15) is 0 Å². The van der Waals surface area contributed by atoms with Crippen molar-refractivity contribution in [2.75, 3.05) is 6.61 Å². The Hall–Kier alpha value is -1.70. The minimum Gasteiger partial charge on any atom is -0.508 e. The van der Waals surface area contributed by atoms with E-state index in [1.807, 2.05) is 24.3 Å². The van der Waals surface area contributed by atoms with Crippen molar-refractivity contribution in [2.24, 2.45) is 5.92 Å². The van der Waals surface area contributed by atoms with Crippen LogP contribution in [-0.4, -0.2) is 11.7 Å². The second kappa shape index (κ2) is 4.44. The molecule has 84 valence electrons. The van der Waals surface area contributed by atoms with Crippen molar-refractivity contribution in [3.05, 3.63) is 36.4 Å². The van der Waals surface area contributed by atoms with Gasteiger partial charge in [0.05, 0.1) is 6.61 Å². The highest BCUT2D eigenvalue weighted by molar-refractivity contribution is 5.85. The number of aromatic hydroxyl groups is 1. The molecule has 0 amide bonds. The quantitative estimate of drug-likeness (QED) is 0.849. The van der Waals surface area contributed by atoms with Crippen LogP contribution in [-0.2, 0) is 0 Å². The molecule has 2 nitrogen and oxygen atoms in total. The van der Waals surface area contributed by atoms with Crippen LogP contribution in [0.4, 0.5) is 0 Å². The van der Waals surface area contributed by atoms with E-state index < -0.39 is 0 Å². The molecule has 0 atom stereocenters. The Labute approximate surface area is 95.5 Å². The molecular weight excluding hydrogens is 200 g/mol. The van der Waals surface area contributed by atoms with Crippen molar-refractivity contribution in [3.63, 3.8) is 0 Å². The van der Waals surface area contributed by atoms with Crippen LogP contribution in [0.3, 0.4) is 0 Å². The molecule has 2 heteroatoms. The average molecular weight is 216 g/mol. The number of hydrogen-bond donors (Lipinski definition) is 1. The number of ether oxygens (including phenoxy) is 1. The van der Waals surface area contributed by atoms with Crippen LogP contribution < -0.4 is 4.74 Å². The molecule has 0 aliphatic rings. The highest BCUT2D eigenvalue weighted by Crippen LogP contribution is 2.24. The summed E-state index contributed by atoms with van der Waals surface area (Å²) in [6.45, 7) is 4.97. The van der Waals surface area contributed by atoms with Crippen LogP contribution in [0.2, 0.25) is 0 Å². The monoisotopic (exact) mass is 216 g/mol. The maximum absolute atomic E-state index is 9.34. The summed E-state index contributed by atoms with van der Waals surface area (Å²) < 4.78 is 5.64. The molecule has 2 aromatic rings. The molecule has 0 spiro atoms. The zero-order valence-corrected chi connectivity index (χ0v) is 9.60. The van der Waals surface area contributed by atoms with Crippen LogP contribution in [0.15, 0.2) is 36.4 Å². The molecule has 16 heavy (non-hydrogen) atoms. The van der Waals surface area contributed by atoms with Crippen LogP contribution >= 0.6 is 0 Å². The molecule has 0 aliphatic carbocycles. The van der Waals surface area contributed by atoms with E-state index in [4.69, 9.17) is 4.74 Å². The zero-order valence-electron chi connectivity index (χ0n) is 9.60. The molecule has 0 fully saturated rings. The lowest BCUT2D eigenvalue weighted by Crippen LogP contribution is -2.04. The first kappa shape index (κ1) is 10.8. The van der Waals surface area contributed by atoms with Gasteiger partial charge >= 0.3 is 0 Å². The summed E-state index contributed by atoms with van der Waals surface area (Å²) in [6, 6.07) is 11.2. The van der Waals surface area contributed by atoms with Crippen molar-refractivity contribution in [1.29, 1.82) is 0 Å². The lowest BCUT2D eigenvalue weighted by atomic mass is 10.1. The summed E-state index contributed by atoms with van der Waals surface area (Å²) in [5, 5.41) is 11.5. The van der Waals surface area contributed by atoms with E-state index in [0.717, 1.165) is 23.1 Å². The number of hydrogen-bond acceptors (Lipinski definition) is 2. The Balaban J connectivity index is 2.26. The summed E-state index contributed by atoms with van der Waals surface area (Å²) in [5.41, 5.74) is 0. The van der Waals surface area contributed by atoms with E-state index in [0.29, 0.717) is 11.7 Å². The number of rotatable bonds is 3. The van der Waals surface area contributed by atoms with Crippen molar-refractivity contribution in [2.45, 2.75) is 13.8 Å². The van der Waals surface area contributed by atoms with E-state index in [1.165, 1.54) is 0 Å². The molecule has 0 aromatic heterocycles. The Kier molecular flexibility index (Phi) is 3.00. The van der Waals surface area contributed by atoms with Gasteiger partial charge in [0, 0.05) is 0 Å². The first-order chi connectivity index (χ1) is 7.65. The van der Waals surface area contributed by atoms with Gasteiger partial charge in [-0.25, -0.2) is 0 Å². The summed E-state index contributed by atoms with van der Waals surface area (Å²) in [5.74, 6) is 1.70. The molecular formula is C14H16O2. The van der Waals surface area contributed by atoms with Crippen LogP contribution in [0.1, 0.15) is 13.8 Å². The number of phenols is 1. The highest BCUT2D eigenvalue weighted by atomic mass is 16.5. The largest absolute Gasteiger partial charge is 0.508 e. The van der Waals surface area contributed by atoms with Gasteiger partial charge in [-0.3, -0.25) is 0 Å². The summed E-state index contributed by atoms with van der Waals surface area (Å²) in [6.07, 6.45) is 0. The average Bonchev–Trinajstić information content (AvgIpc) is 2.26. The molecule has 0 saturated carbocycles. The van der Waals surface area contributed by atoms with Crippen molar-refractivity contribution in [3.8, 4) is 11.5 Å². The van der Waals surface area contributed by atoms with E-state index in [1.54, 1.807) is 12.1 Å². The van der Waals surface area contributed by atoms with Gasteiger partial charge < -0.3 is 9.84 Å². The molecule has 2 aromatic carbocycles. The fraction of sp³-hybridized carbons (Fsp3) is 0.286. The van der Waals surface area contributed by atoms with E-state index in [-0.39, 0.29) is 0 Å². The summed E-state index contributed by atoms with van der Waals surface area (Å²) in [7, 11) is 0. The van der Waals surface area contributed by atoms with E-state index >= 15 is 0 Å². The normalized spacial score (nSPS) is 10.9. The maximum atomic E-state index is 9.34. The minimum atomic E-state index is 0.295. The second-order valence-electron chi connectivity index (χ2n) is 4.40. The molecule has 0 unspecified atom stereocenters. The molecule has 0 radical (unpaired) electrons. The van der Waals surface area contributed by atoms with Crippen molar-refractivity contribution < 1.29 is 9.84 Å². The van der Waals surface area contributed by atoms with Gasteiger partial charge in [-0.05, 0) is 41.0 Å². The lowest BCUT2D eigenvalue weighted by Gasteiger charge is -2.09. The molecule has 2 rings (SSSR count). The Morgan fingerprint density at radius 3 is 2.50 bits per heavy atom. The van der Waals surface area contributed by atoms with Crippen molar-refractivity contribution >= 4 is 10.8 Å². The third kappa shape index (κ3) is 2.45. The van der Waals surface area contributed by atoms with E-state index in [2.05, 4.69) is 13.8 Å². The summed E-state index contributed by atoms with van der Waals surface area (Å²) in [4.78, 5) is 0. The third-order valence-corrected chi connectivity index (χ3v) is 2.38. The predicted octanol–water partition coefficient (Wildman–Crippen LogP) is 3.58. The number of benzene rings is 2. The topological polar surface area (TPSA) is 29.5 Å². The van der Waals surface area contributed by atoms with Gasteiger partial charge in [0.1, 0.15) is 11.5 Å². The molecule has 0 saturated heterocycles. The Morgan fingerprint density at radius 1 is 1.06 bits per heavy atom. The van der Waals surface area contributed by atoms with Crippen LogP contribution in [0.5, 0.6) is 11.5 Å². The SMILES string of the molecule is CC(C)COc1ccc2cc(O)ccc2c1. The first-order valence-corrected chi connectivity index (χ1v) is 5.51. The Bertz CT molecular complexity index is 489. The standard InChI is InChI=1S/C14H16O2/c1-10(2)9-16-14-6-4-11-7-13(15)5-3-12(11)8-14/h3-8,10,15H,9H2,1-2H3. The number of phenolic OH excluding ortho intramolecular Hbond substituents is 1. The maximum Gasteiger partial charge on any atom is 0.119 e. The lowest BCUT2D eigenvalue weighted by molar-refractivity contribution is 0.271. The third-order valence-electron chi connectivity index (χ3n) is 2.38. The van der Waals surface area contributed by atoms with Gasteiger partial charge in [0.25, 0.3) is 0 Å². The molecule has 1 N–H and O–H groups in total. The predicted molar refractivity (Wildman–Crippen MR) is 65.9 cm³/mol. The first-order valence-electron chi connectivity index (χ1n) is 5.51. The fourth-order valence-electron chi connectivity index (χ4n) is 1.56. The van der Waals surface area contributed by atoms with Crippen molar-refractivity contribution in [1.82, 2.24) is 0 Å². The smallest absolute Gasteiger partial charge is 0.119 e. The van der Waals surface area contributed by atoms with Gasteiger partial charge in [-0.1, -0.05) is 26.0 Å². The Morgan fingerprint density at radius 2 is 1.75 bits per heavy atom. The molecule has 0 aliphatic heterocycles. The number of fused-ring (bicyclic) bond motifs is 1. The molecule has 0 heterocycles. The van der Waals surface area contributed by atoms with Crippen LogP contribution in [0, 0.1) is 5.92 Å². The van der Waals surface area contributed by atoms with Gasteiger partial charge in [0.2, 0.25) is 0 Å². The zero-order chi connectivity index (χ0) is 11.5. The minimum absolute atomic E-state index is 0.295.